The Hall–Kier alpha value is -0.975. The number of hydrogen-bond acceptors (Lipinski definition) is 5. The lowest BCUT2D eigenvalue weighted by Gasteiger charge is -1.97. The molecule has 0 aliphatic heterocycles. The first kappa shape index (κ1) is 7.14. The molecule has 52 valence electrons. The van der Waals surface area contributed by atoms with Crippen molar-refractivity contribution < 1.29 is 15.1 Å². The molecule has 0 spiro atoms. The predicted octanol–water partition coefficient (Wildman–Crippen LogP) is -1.35. The average Bonchev–Trinajstić information content (AvgIpc) is 2.05. The Morgan fingerprint density at radius 3 is 2.90 bits per heavy atom. The molecule has 5 nitrogen and oxygen atoms in total. The van der Waals surface area contributed by atoms with E-state index in [1.54, 1.807) is 0 Å². The first-order valence-electron chi connectivity index (χ1n) is 2.59. The smallest absolute Gasteiger partial charge is 0.421 e. The van der Waals surface area contributed by atoms with Gasteiger partial charge in [0.15, 0.2) is 0 Å². The fourth-order valence-electron chi connectivity index (χ4n) is 0.501. The largest absolute Gasteiger partial charge is 0.541 e. The highest BCUT2D eigenvalue weighted by molar-refractivity contribution is 6.58. The van der Waals surface area contributed by atoms with Gasteiger partial charge in [0.05, 0.1) is 5.59 Å². The van der Waals surface area contributed by atoms with Gasteiger partial charge in [0.25, 0.3) is 0 Å². The van der Waals surface area contributed by atoms with Crippen molar-refractivity contribution in [1.29, 1.82) is 0 Å². The Labute approximate surface area is 57.4 Å². The molecule has 0 saturated heterocycles. The zero-order chi connectivity index (χ0) is 7.40. The third kappa shape index (κ3) is 1.50. The topological polar surface area (TPSA) is 75.5 Å². The molecular formula is C4H5BN2O3. The molecule has 0 aliphatic rings. The van der Waals surface area contributed by atoms with Crippen molar-refractivity contribution in [1.82, 2.24) is 9.97 Å². The second-order valence-electron chi connectivity index (χ2n) is 1.59. The summed E-state index contributed by atoms with van der Waals surface area (Å²) in [4.78, 5) is 10.8. The standard InChI is InChI=1S/C4H5BN2O3/c8-5(10-9)4-1-2-6-3-7-4/h1-3,8-9H. The van der Waals surface area contributed by atoms with Crippen LogP contribution >= 0.6 is 0 Å². The molecule has 0 saturated carbocycles. The number of nitrogens with zero attached hydrogens (tertiary/aromatic N) is 2. The Bertz CT molecular complexity index is 195. The van der Waals surface area contributed by atoms with Gasteiger partial charge in [-0.05, 0) is 6.07 Å². The molecule has 1 aromatic rings. The van der Waals surface area contributed by atoms with Crippen molar-refractivity contribution in [2.75, 3.05) is 0 Å². The third-order valence-electron chi connectivity index (χ3n) is 0.958. The highest BCUT2D eigenvalue weighted by Crippen LogP contribution is 1.77. The van der Waals surface area contributed by atoms with Gasteiger partial charge < -0.3 is 5.02 Å². The highest BCUT2D eigenvalue weighted by Gasteiger charge is 2.16. The second kappa shape index (κ2) is 3.26. The summed E-state index contributed by atoms with van der Waals surface area (Å²) in [7, 11) is -1.39. The van der Waals surface area contributed by atoms with E-state index in [0.717, 1.165) is 0 Å². The summed E-state index contributed by atoms with van der Waals surface area (Å²) in [5, 5.41) is 16.7. The molecule has 0 amide bonds. The van der Waals surface area contributed by atoms with Gasteiger partial charge in [-0.2, -0.15) is 0 Å². The first-order chi connectivity index (χ1) is 4.84. The summed E-state index contributed by atoms with van der Waals surface area (Å²) in [5.74, 6) is 0. The molecule has 0 bridgehead atoms. The summed E-state index contributed by atoms with van der Waals surface area (Å²) in [5.41, 5.74) is 0.220. The van der Waals surface area contributed by atoms with Gasteiger partial charge in [0.2, 0.25) is 0 Å². The van der Waals surface area contributed by atoms with E-state index in [9.17, 15) is 0 Å². The van der Waals surface area contributed by atoms with Crippen LogP contribution in [0.1, 0.15) is 0 Å². The van der Waals surface area contributed by atoms with E-state index in [1.807, 2.05) is 0 Å². The molecular weight excluding hydrogens is 135 g/mol. The molecule has 1 rings (SSSR count). The van der Waals surface area contributed by atoms with Crippen LogP contribution in [-0.2, 0) is 4.81 Å². The SMILES string of the molecule is OOB(O)c1ccncn1. The maximum atomic E-state index is 8.77. The van der Waals surface area contributed by atoms with Crippen LogP contribution in [0.2, 0.25) is 0 Å². The molecule has 0 unspecified atom stereocenters. The van der Waals surface area contributed by atoms with E-state index >= 15 is 0 Å². The normalized spacial score (nSPS) is 9.40. The summed E-state index contributed by atoms with van der Waals surface area (Å²) in [6, 6.07) is 1.43. The van der Waals surface area contributed by atoms with Crippen molar-refractivity contribution in [3.8, 4) is 0 Å². The fraction of sp³-hybridized carbons (Fsp3) is 0. The maximum Gasteiger partial charge on any atom is 0.541 e. The van der Waals surface area contributed by atoms with E-state index in [1.165, 1.54) is 18.6 Å². The van der Waals surface area contributed by atoms with Crippen LogP contribution in [0.3, 0.4) is 0 Å². The molecule has 10 heavy (non-hydrogen) atoms. The maximum absolute atomic E-state index is 8.77. The monoisotopic (exact) mass is 140 g/mol. The van der Waals surface area contributed by atoms with Gasteiger partial charge in [-0.3, -0.25) is 10.1 Å². The van der Waals surface area contributed by atoms with Gasteiger partial charge in [0.1, 0.15) is 6.33 Å². The van der Waals surface area contributed by atoms with Gasteiger partial charge in [-0.25, -0.2) is 9.97 Å². The average molecular weight is 140 g/mol. The Balaban J connectivity index is 2.75. The number of rotatable bonds is 2. The second-order valence-corrected chi connectivity index (χ2v) is 1.59. The predicted molar refractivity (Wildman–Crippen MR) is 33.4 cm³/mol. The minimum atomic E-state index is -1.39. The van der Waals surface area contributed by atoms with Crippen molar-refractivity contribution in [2.45, 2.75) is 0 Å². The van der Waals surface area contributed by atoms with E-state index in [4.69, 9.17) is 10.3 Å². The number of aromatic nitrogens is 2. The van der Waals surface area contributed by atoms with Crippen molar-refractivity contribution in [3.05, 3.63) is 18.6 Å². The molecule has 1 heterocycles. The summed E-state index contributed by atoms with van der Waals surface area (Å²) in [6.45, 7) is 0. The molecule has 0 aromatic carbocycles. The minimum absolute atomic E-state index is 0.220. The van der Waals surface area contributed by atoms with Crippen LogP contribution < -0.4 is 5.59 Å². The van der Waals surface area contributed by atoms with Crippen molar-refractivity contribution in [3.63, 3.8) is 0 Å². The van der Waals surface area contributed by atoms with Crippen LogP contribution in [-0.4, -0.2) is 27.4 Å². The quantitative estimate of drug-likeness (QED) is 0.302. The first-order valence-corrected chi connectivity index (χ1v) is 2.59. The highest BCUT2D eigenvalue weighted by atomic mass is 17.1. The lowest BCUT2D eigenvalue weighted by atomic mass is 9.86. The fourth-order valence-corrected chi connectivity index (χ4v) is 0.501. The summed E-state index contributed by atoms with van der Waals surface area (Å²) < 4.78 is 0. The van der Waals surface area contributed by atoms with E-state index in [0.29, 0.717) is 0 Å². The molecule has 1 aromatic heterocycles. The van der Waals surface area contributed by atoms with E-state index in [-0.39, 0.29) is 5.59 Å². The molecule has 0 atom stereocenters. The summed E-state index contributed by atoms with van der Waals surface area (Å²) in [6.07, 6.45) is 2.68. The van der Waals surface area contributed by atoms with Crippen molar-refractivity contribution in [2.24, 2.45) is 0 Å². The summed E-state index contributed by atoms with van der Waals surface area (Å²) >= 11 is 0. The van der Waals surface area contributed by atoms with Gasteiger partial charge in [-0.1, -0.05) is 0 Å². The van der Waals surface area contributed by atoms with Crippen LogP contribution in [0.25, 0.3) is 0 Å². The van der Waals surface area contributed by atoms with Gasteiger partial charge >= 0.3 is 7.12 Å². The lowest BCUT2D eigenvalue weighted by molar-refractivity contribution is -0.154. The molecule has 0 radical (unpaired) electrons. The zero-order valence-corrected chi connectivity index (χ0v) is 5.01. The molecule has 6 heteroatoms. The Morgan fingerprint density at radius 1 is 1.60 bits per heavy atom. The van der Waals surface area contributed by atoms with Crippen LogP contribution in [0.4, 0.5) is 0 Å². The van der Waals surface area contributed by atoms with Gasteiger partial charge in [-0.15, -0.1) is 0 Å². The van der Waals surface area contributed by atoms with Crippen LogP contribution in [0, 0.1) is 0 Å². The van der Waals surface area contributed by atoms with Crippen LogP contribution in [0.15, 0.2) is 18.6 Å². The number of hydrogen-bond donors (Lipinski definition) is 2. The van der Waals surface area contributed by atoms with E-state index in [2.05, 4.69) is 14.8 Å². The zero-order valence-electron chi connectivity index (χ0n) is 5.01. The van der Waals surface area contributed by atoms with Crippen molar-refractivity contribution >= 4 is 12.7 Å². The van der Waals surface area contributed by atoms with Crippen LogP contribution in [0.5, 0.6) is 0 Å². The molecule has 0 aliphatic carbocycles. The molecule has 2 N–H and O–H groups in total. The van der Waals surface area contributed by atoms with E-state index < -0.39 is 7.12 Å². The Morgan fingerprint density at radius 2 is 2.40 bits per heavy atom. The molecule has 0 fully saturated rings. The Kier molecular flexibility index (Phi) is 2.32. The minimum Gasteiger partial charge on any atom is -0.421 e. The lowest BCUT2D eigenvalue weighted by Crippen LogP contribution is -2.34. The van der Waals surface area contributed by atoms with Gasteiger partial charge in [0, 0.05) is 6.20 Å². The third-order valence-corrected chi connectivity index (χ3v) is 0.958.